The van der Waals surface area contributed by atoms with Gasteiger partial charge in [0.25, 0.3) is 0 Å². The minimum absolute atomic E-state index is 0.207. The molecule has 0 unspecified atom stereocenters. The maximum atomic E-state index is 14.3. The number of aromatic amines is 1. The third-order valence-electron chi connectivity index (χ3n) is 4.56. The molecule has 0 saturated heterocycles. The normalized spacial score (nSPS) is 11.7. The van der Waals surface area contributed by atoms with Crippen molar-refractivity contribution in [2.75, 3.05) is 19.8 Å². The molecule has 3 N–H and O–H groups in total. The zero-order valence-electron chi connectivity index (χ0n) is 16.2. The number of hydrogen-bond donors (Lipinski definition) is 2. The summed E-state index contributed by atoms with van der Waals surface area (Å²) >= 11 is 0. The first-order chi connectivity index (χ1) is 14.0. The van der Waals surface area contributed by atoms with E-state index in [4.69, 9.17) is 5.73 Å². The molecule has 0 spiro atoms. The second-order valence-electron chi connectivity index (χ2n) is 7.09. The van der Waals surface area contributed by atoms with Crippen LogP contribution in [0.25, 0.3) is 34.3 Å². The first-order valence-electron chi connectivity index (χ1n) is 9.18. The van der Waals surface area contributed by atoms with Gasteiger partial charge in [0.1, 0.15) is 5.82 Å². The van der Waals surface area contributed by atoms with Gasteiger partial charge in [-0.15, -0.1) is 0 Å². The zero-order valence-corrected chi connectivity index (χ0v) is 16.2. The summed E-state index contributed by atoms with van der Waals surface area (Å²) in [5.74, 6) is 0.0289. The molecule has 0 aliphatic heterocycles. The van der Waals surface area contributed by atoms with E-state index in [1.54, 1.807) is 12.3 Å². The molecule has 0 amide bonds. The highest BCUT2D eigenvalue weighted by molar-refractivity contribution is 5.91. The van der Waals surface area contributed by atoms with Gasteiger partial charge in [-0.05, 0) is 50.0 Å². The van der Waals surface area contributed by atoms with Crippen LogP contribution in [0.2, 0.25) is 0 Å². The predicted molar refractivity (Wildman–Crippen MR) is 114 cm³/mol. The maximum absolute atomic E-state index is 14.3. The Morgan fingerprint density at radius 2 is 1.97 bits per heavy atom. The fourth-order valence-electron chi connectivity index (χ4n) is 3.17. The van der Waals surface area contributed by atoms with Crippen LogP contribution in [-0.4, -0.2) is 39.2 Å². The quantitative estimate of drug-likeness (QED) is 0.540. The Labute approximate surface area is 167 Å². The molecule has 0 saturated carbocycles. The third-order valence-corrected chi connectivity index (χ3v) is 4.56. The first-order valence-corrected chi connectivity index (χ1v) is 9.18. The van der Waals surface area contributed by atoms with E-state index in [1.165, 1.54) is 0 Å². The van der Waals surface area contributed by atoms with Crippen molar-refractivity contribution in [3.63, 3.8) is 0 Å². The molecule has 0 bridgehead atoms. The standard InChI is InChI=1S/C22H21FN6/c1-29(2)13-16-5-3-14(11-18(16)23)4-8-20-17-7-6-15(12-21(17)28-27-20)19-9-10-25-22(24)26-19/h3-12H,13H2,1-2H3,(H,27,28)(H2,24,25,26)/b8-4+. The number of anilines is 1. The van der Waals surface area contributed by atoms with E-state index in [-0.39, 0.29) is 11.8 Å². The highest BCUT2D eigenvalue weighted by atomic mass is 19.1. The monoisotopic (exact) mass is 388 g/mol. The van der Waals surface area contributed by atoms with Gasteiger partial charge in [0.2, 0.25) is 5.95 Å². The number of H-pyrrole nitrogens is 1. The molecule has 0 fully saturated rings. The van der Waals surface area contributed by atoms with Gasteiger partial charge in [-0.3, -0.25) is 5.10 Å². The van der Waals surface area contributed by atoms with Crippen molar-refractivity contribution >= 4 is 29.0 Å². The van der Waals surface area contributed by atoms with E-state index in [0.29, 0.717) is 12.1 Å². The SMILES string of the molecule is CN(C)Cc1ccc(/C=C/c2n[nH]c3cc(-c4ccnc(N)n4)ccc23)cc1F. The fourth-order valence-corrected chi connectivity index (χ4v) is 3.17. The number of nitrogen functional groups attached to an aromatic ring is 1. The van der Waals surface area contributed by atoms with Gasteiger partial charge >= 0.3 is 0 Å². The molecule has 4 rings (SSSR count). The van der Waals surface area contributed by atoms with E-state index in [1.807, 2.05) is 67.5 Å². The number of benzene rings is 2. The average Bonchev–Trinajstić information content (AvgIpc) is 3.10. The molecular weight excluding hydrogens is 367 g/mol. The minimum Gasteiger partial charge on any atom is -0.368 e. The van der Waals surface area contributed by atoms with Gasteiger partial charge in [-0.25, -0.2) is 14.4 Å². The predicted octanol–water partition coefficient (Wildman–Crippen LogP) is 3.97. The van der Waals surface area contributed by atoms with Gasteiger partial charge in [0.05, 0.1) is 16.9 Å². The van der Waals surface area contributed by atoms with Gasteiger partial charge in [-0.1, -0.05) is 24.3 Å². The Kier molecular flexibility index (Phi) is 5.05. The molecule has 2 heterocycles. The summed E-state index contributed by atoms with van der Waals surface area (Å²) in [5.41, 5.74) is 10.5. The van der Waals surface area contributed by atoms with Crippen LogP contribution in [0.4, 0.5) is 10.3 Å². The van der Waals surface area contributed by atoms with Crippen molar-refractivity contribution < 1.29 is 4.39 Å². The van der Waals surface area contributed by atoms with E-state index >= 15 is 0 Å². The topological polar surface area (TPSA) is 83.7 Å². The second kappa shape index (κ2) is 7.81. The molecule has 4 aromatic rings. The van der Waals surface area contributed by atoms with Crippen molar-refractivity contribution in [1.29, 1.82) is 0 Å². The number of nitrogens with zero attached hydrogens (tertiary/aromatic N) is 4. The fraction of sp³-hybridized carbons (Fsp3) is 0.136. The van der Waals surface area contributed by atoms with Gasteiger partial charge in [0, 0.05) is 29.3 Å². The lowest BCUT2D eigenvalue weighted by molar-refractivity contribution is 0.392. The highest BCUT2D eigenvalue weighted by Crippen LogP contribution is 2.25. The van der Waals surface area contributed by atoms with Crippen molar-refractivity contribution in [2.24, 2.45) is 0 Å². The molecule has 0 radical (unpaired) electrons. The Hall–Kier alpha value is -3.58. The second-order valence-corrected chi connectivity index (χ2v) is 7.09. The third kappa shape index (κ3) is 4.14. The van der Waals surface area contributed by atoms with Crippen LogP contribution in [0, 0.1) is 5.82 Å². The lowest BCUT2D eigenvalue weighted by Crippen LogP contribution is -2.11. The van der Waals surface area contributed by atoms with Crippen molar-refractivity contribution in [2.45, 2.75) is 6.54 Å². The molecule has 2 aromatic heterocycles. The Morgan fingerprint density at radius 1 is 1.10 bits per heavy atom. The largest absolute Gasteiger partial charge is 0.368 e. The Balaban J connectivity index is 1.59. The molecular formula is C22H21FN6. The van der Waals surface area contributed by atoms with Crippen LogP contribution in [0.3, 0.4) is 0 Å². The van der Waals surface area contributed by atoms with Crippen LogP contribution in [0.5, 0.6) is 0 Å². The molecule has 0 aliphatic carbocycles. The lowest BCUT2D eigenvalue weighted by Gasteiger charge is -2.10. The number of halogens is 1. The van der Waals surface area contributed by atoms with E-state index < -0.39 is 0 Å². The van der Waals surface area contributed by atoms with Gasteiger partial charge < -0.3 is 10.6 Å². The Bertz CT molecular complexity index is 1200. The van der Waals surface area contributed by atoms with Crippen LogP contribution >= 0.6 is 0 Å². The van der Waals surface area contributed by atoms with E-state index in [0.717, 1.165) is 33.4 Å². The first kappa shape index (κ1) is 18.8. The maximum Gasteiger partial charge on any atom is 0.220 e. The van der Waals surface area contributed by atoms with E-state index in [2.05, 4.69) is 20.2 Å². The molecule has 0 aliphatic rings. The average molecular weight is 388 g/mol. The van der Waals surface area contributed by atoms with Crippen molar-refractivity contribution in [1.82, 2.24) is 25.1 Å². The molecule has 29 heavy (non-hydrogen) atoms. The van der Waals surface area contributed by atoms with Crippen molar-refractivity contribution in [3.8, 4) is 11.3 Å². The zero-order chi connectivity index (χ0) is 20.4. The molecule has 2 aromatic carbocycles. The summed E-state index contributed by atoms with van der Waals surface area (Å²) in [4.78, 5) is 10.1. The summed E-state index contributed by atoms with van der Waals surface area (Å²) in [5, 5.41) is 8.38. The molecule has 146 valence electrons. The lowest BCUT2D eigenvalue weighted by atomic mass is 10.1. The van der Waals surface area contributed by atoms with Crippen molar-refractivity contribution in [3.05, 3.63) is 71.3 Å². The molecule has 7 heteroatoms. The van der Waals surface area contributed by atoms with Crippen LogP contribution in [0.1, 0.15) is 16.8 Å². The molecule has 6 nitrogen and oxygen atoms in total. The molecule has 0 atom stereocenters. The van der Waals surface area contributed by atoms with Gasteiger partial charge in [0.15, 0.2) is 0 Å². The number of rotatable bonds is 5. The number of hydrogen-bond acceptors (Lipinski definition) is 5. The van der Waals surface area contributed by atoms with Crippen LogP contribution in [0.15, 0.2) is 48.7 Å². The smallest absolute Gasteiger partial charge is 0.220 e. The highest BCUT2D eigenvalue weighted by Gasteiger charge is 2.07. The summed E-state index contributed by atoms with van der Waals surface area (Å²) < 4.78 is 14.3. The summed E-state index contributed by atoms with van der Waals surface area (Å²) in [6, 6.07) is 13.0. The van der Waals surface area contributed by atoms with Crippen LogP contribution in [-0.2, 0) is 6.54 Å². The number of nitrogens with one attached hydrogen (secondary N) is 1. The number of nitrogens with two attached hydrogens (primary N) is 1. The summed E-state index contributed by atoms with van der Waals surface area (Å²) in [7, 11) is 3.84. The number of aromatic nitrogens is 4. The number of fused-ring (bicyclic) bond motifs is 1. The van der Waals surface area contributed by atoms with E-state index in [9.17, 15) is 4.39 Å². The Morgan fingerprint density at radius 3 is 2.72 bits per heavy atom. The van der Waals surface area contributed by atoms with Gasteiger partial charge in [-0.2, -0.15) is 5.10 Å². The summed E-state index contributed by atoms with van der Waals surface area (Å²) in [6.07, 6.45) is 5.37. The minimum atomic E-state index is -0.207. The van der Waals surface area contributed by atoms with Crippen LogP contribution < -0.4 is 5.73 Å². The summed E-state index contributed by atoms with van der Waals surface area (Å²) in [6.45, 7) is 0.570.